The van der Waals surface area contributed by atoms with E-state index in [1.54, 1.807) is 36.4 Å². The molecule has 0 bridgehead atoms. The molecular weight excluding hydrogens is 510 g/mol. The van der Waals surface area contributed by atoms with Crippen molar-refractivity contribution in [3.8, 4) is 17.2 Å². The number of esters is 1. The number of benzene rings is 3. The van der Waals surface area contributed by atoms with Gasteiger partial charge in [0.2, 0.25) is 10.0 Å². The molecule has 3 aromatic rings. The van der Waals surface area contributed by atoms with Crippen LogP contribution in [0.25, 0.3) is 0 Å². The summed E-state index contributed by atoms with van der Waals surface area (Å²) in [5.41, 5.74) is 3.08. The Hall–Kier alpha value is -3.93. The van der Waals surface area contributed by atoms with Crippen LogP contribution in [0.3, 0.4) is 0 Å². The molecule has 1 amide bonds. The van der Waals surface area contributed by atoms with Crippen LogP contribution in [0.4, 0.5) is 0 Å². The van der Waals surface area contributed by atoms with Crippen LogP contribution in [-0.4, -0.2) is 47.3 Å². The zero-order valence-corrected chi connectivity index (χ0v) is 20.8. The molecular formula is C24H22ClN3O7S. The molecule has 0 saturated heterocycles. The second kappa shape index (κ2) is 12.2. The Balaban J connectivity index is 1.56. The molecule has 2 N–H and O–H groups in total. The highest BCUT2D eigenvalue weighted by Crippen LogP contribution is 2.28. The zero-order chi connectivity index (χ0) is 26.1. The maximum Gasteiger partial charge on any atom is 0.343 e. The number of halogens is 1. The van der Waals surface area contributed by atoms with Crippen LogP contribution in [0.1, 0.15) is 15.9 Å². The molecule has 0 saturated carbocycles. The van der Waals surface area contributed by atoms with Gasteiger partial charge in [-0.3, -0.25) is 4.79 Å². The fourth-order valence-electron chi connectivity index (χ4n) is 2.81. The molecule has 36 heavy (non-hydrogen) atoms. The van der Waals surface area contributed by atoms with E-state index in [0.29, 0.717) is 21.9 Å². The van der Waals surface area contributed by atoms with Gasteiger partial charge in [-0.05, 0) is 72.3 Å². The van der Waals surface area contributed by atoms with Crippen LogP contribution in [0.15, 0.2) is 76.7 Å². The number of amides is 1. The van der Waals surface area contributed by atoms with E-state index in [1.807, 2.05) is 0 Å². The highest BCUT2D eigenvalue weighted by molar-refractivity contribution is 7.89. The van der Waals surface area contributed by atoms with Crippen LogP contribution in [-0.2, 0) is 14.8 Å². The van der Waals surface area contributed by atoms with Crippen LogP contribution >= 0.6 is 11.6 Å². The van der Waals surface area contributed by atoms with Crippen molar-refractivity contribution >= 4 is 39.7 Å². The Labute approximate surface area is 212 Å². The van der Waals surface area contributed by atoms with Gasteiger partial charge in [-0.2, -0.15) is 5.10 Å². The number of carbonyl (C=O) groups is 2. The molecule has 10 nitrogen and oxygen atoms in total. The fourth-order valence-corrected chi connectivity index (χ4v) is 3.92. The summed E-state index contributed by atoms with van der Waals surface area (Å²) in [7, 11) is -0.944. The normalized spacial score (nSPS) is 11.2. The number of carbonyl (C=O) groups excluding carboxylic acids is 2. The first-order chi connectivity index (χ1) is 17.2. The first-order valence-electron chi connectivity index (χ1n) is 10.3. The van der Waals surface area contributed by atoms with Gasteiger partial charge in [0.05, 0.1) is 37.4 Å². The predicted molar refractivity (Wildman–Crippen MR) is 133 cm³/mol. The van der Waals surface area contributed by atoms with Crippen molar-refractivity contribution in [1.82, 2.24) is 10.1 Å². The van der Waals surface area contributed by atoms with Gasteiger partial charge in [-0.25, -0.2) is 23.4 Å². The van der Waals surface area contributed by atoms with Gasteiger partial charge in [-0.1, -0.05) is 11.6 Å². The maximum absolute atomic E-state index is 12.4. The SMILES string of the molecule is COc1ccc(C(=O)Oc2ccc(/C=N/NC(=O)CNS(=O)(=O)c3ccc(Cl)cc3)cc2OC)cc1. The molecule has 0 aromatic heterocycles. The van der Waals surface area contributed by atoms with E-state index < -0.39 is 28.4 Å². The molecule has 188 valence electrons. The maximum atomic E-state index is 12.4. The van der Waals surface area contributed by atoms with Crippen LogP contribution in [0, 0.1) is 0 Å². The Bertz CT molecular complexity index is 1360. The molecule has 0 aliphatic heterocycles. The molecule has 0 heterocycles. The molecule has 12 heteroatoms. The van der Waals surface area contributed by atoms with Crippen molar-refractivity contribution in [1.29, 1.82) is 0 Å². The lowest BCUT2D eigenvalue weighted by molar-refractivity contribution is -0.119. The fraction of sp³-hybridized carbons (Fsp3) is 0.125. The number of hydrogen-bond acceptors (Lipinski definition) is 8. The van der Waals surface area contributed by atoms with Crippen LogP contribution in [0.2, 0.25) is 5.02 Å². The highest BCUT2D eigenvalue weighted by Gasteiger charge is 2.15. The molecule has 0 radical (unpaired) electrons. The quantitative estimate of drug-likeness (QED) is 0.178. The largest absolute Gasteiger partial charge is 0.497 e. The minimum Gasteiger partial charge on any atom is -0.497 e. The summed E-state index contributed by atoms with van der Waals surface area (Å²) in [6, 6.07) is 16.6. The summed E-state index contributed by atoms with van der Waals surface area (Å²) in [4.78, 5) is 24.4. The monoisotopic (exact) mass is 531 g/mol. The second-order valence-corrected chi connectivity index (χ2v) is 9.30. The number of hydrazone groups is 1. The van der Waals surface area contributed by atoms with E-state index in [0.717, 1.165) is 0 Å². The summed E-state index contributed by atoms with van der Waals surface area (Å²) in [5.74, 6) is -0.190. The third-order valence-electron chi connectivity index (χ3n) is 4.67. The van der Waals surface area contributed by atoms with Gasteiger partial charge >= 0.3 is 5.97 Å². The number of nitrogens with zero attached hydrogens (tertiary/aromatic N) is 1. The molecule has 0 atom stereocenters. The molecule has 0 unspecified atom stereocenters. The number of nitrogens with one attached hydrogen (secondary N) is 2. The van der Waals surface area contributed by atoms with Crippen LogP contribution in [0.5, 0.6) is 17.2 Å². The Morgan fingerprint density at radius 3 is 2.28 bits per heavy atom. The predicted octanol–water partition coefficient (Wildman–Crippen LogP) is 3.01. The first-order valence-corrected chi connectivity index (χ1v) is 12.2. The number of rotatable bonds is 10. The summed E-state index contributed by atoms with van der Waals surface area (Å²) in [6.45, 7) is -0.522. The molecule has 0 fully saturated rings. The number of sulfonamides is 1. The van der Waals surface area contributed by atoms with E-state index in [4.69, 9.17) is 25.8 Å². The molecule has 3 aromatic carbocycles. The van der Waals surface area contributed by atoms with Gasteiger partial charge in [0.1, 0.15) is 5.75 Å². The standard InChI is InChI=1S/C24H22ClN3O7S/c1-33-19-8-4-17(5-9-19)24(30)35-21-12-3-16(13-22(21)34-2)14-26-28-23(29)15-27-36(31,32)20-10-6-18(25)7-11-20/h3-14,27H,15H2,1-2H3,(H,28,29)/b26-14+. The molecule has 3 rings (SSSR count). The summed E-state index contributed by atoms with van der Waals surface area (Å²) in [5, 5.41) is 4.19. The van der Waals surface area contributed by atoms with E-state index in [2.05, 4.69) is 15.2 Å². The lowest BCUT2D eigenvalue weighted by Gasteiger charge is -2.10. The number of ether oxygens (including phenoxy) is 3. The van der Waals surface area contributed by atoms with Gasteiger partial charge in [0.25, 0.3) is 5.91 Å². The Kier molecular flexibility index (Phi) is 9.01. The Morgan fingerprint density at radius 1 is 0.944 bits per heavy atom. The van der Waals surface area contributed by atoms with Gasteiger partial charge in [-0.15, -0.1) is 0 Å². The van der Waals surface area contributed by atoms with Gasteiger partial charge in [0.15, 0.2) is 11.5 Å². The lowest BCUT2D eigenvalue weighted by Crippen LogP contribution is -2.34. The minimum absolute atomic E-state index is 0.0249. The van der Waals surface area contributed by atoms with Crippen molar-refractivity contribution in [3.63, 3.8) is 0 Å². The minimum atomic E-state index is -3.88. The highest BCUT2D eigenvalue weighted by atomic mass is 35.5. The topological polar surface area (TPSA) is 132 Å². The van der Waals surface area contributed by atoms with Crippen LogP contribution < -0.4 is 24.4 Å². The molecule has 0 aliphatic carbocycles. The van der Waals surface area contributed by atoms with Crippen molar-refractivity contribution in [2.45, 2.75) is 4.90 Å². The van der Waals surface area contributed by atoms with Crippen molar-refractivity contribution in [2.24, 2.45) is 5.10 Å². The second-order valence-electron chi connectivity index (χ2n) is 7.10. The number of hydrogen-bond donors (Lipinski definition) is 2. The van der Waals surface area contributed by atoms with Gasteiger partial charge in [0, 0.05) is 5.02 Å². The summed E-state index contributed by atoms with van der Waals surface area (Å²) in [6.07, 6.45) is 1.32. The lowest BCUT2D eigenvalue weighted by atomic mass is 10.2. The molecule has 0 aliphatic rings. The first kappa shape index (κ1) is 26.7. The average Bonchev–Trinajstić information content (AvgIpc) is 2.88. The van der Waals surface area contributed by atoms with E-state index >= 15 is 0 Å². The summed E-state index contributed by atoms with van der Waals surface area (Å²) >= 11 is 5.75. The Morgan fingerprint density at radius 2 is 1.64 bits per heavy atom. The average molecular weight is 532 g/mol. The zero-order valence-electron chi connectivity index (χ0n) is 19.2. The van der Waals surface area contributed by atoms with E-state index in [-0.39, 0.29) is 16.4 Å². The number of methoxy groups -OCH3 is 2. The third kappa shape index (κ3) is 7.28. The smallest absolute Gasteiger partial charge is 0.343 e. The van der Waals surface area contributed by atoms with E-state index in [9.17, 15) is 18.0 Å². The third-order valence-corrected chi connectivity index (χ3v) is 6.33. The van der Waals surface area contributed by atoms with Crippen molar-refractivity contribution in [2.75, 3.05) is 20.8 Å². The van der Waals surface area contributed by atoms with Crippen molar-refractivity contribution < 1.29 is 32.2 Å². The van der Waals surface area contributed by atoms with Crippen molar-refractivity contribution in [3.05, 3.63) is 82.9 Å². The summed E-state index contributed by atoms with van der Waals surface area (Å²) < 4.78 is 42.4. The molecule has 0 spiro atoms. The van der Waals surface area contributed by atoms with E-state index in [1.165, 1.54) is 50.8 Å². The van der Waals surface area contributed by atoms with Gasteiger partial charge < -0.3 is 14.2 Å².